The molecule has 0 spiro atoms. The number of anilines is 1. The molecule has 7 heteroatoms. The predicted molar refractivity (Wildman–Crippen MR) is 106 cm³/mol. The Hall–Kier alpha value is -2.99. The number of hydrogen-bond donors (Lipinski definition) is 1. The average molecular weight is 382 g/mol. The second-order valence-corrected chi connectivity index (χ2v) is 7.01. The van der Waals surface area contributed by atoms with Crippen LogP contribution in [-0.4, -0.2) is 19.7 Å². The van der Waals surface area contributed by atoms with Gasteiger partial charge in [0.1, 0.15) is 11.6 Å². The fourth-order valence-electron chi connectivity index (χ4n) is 2.92. The maximum absolute atomic E-state index is 14.0. The molecule has 0 aliphatic rings. The van der Waals surface area contributed by atoms with Crippen LogP contribution in [0.15, 0.2) is 49.1 Å². The lowest BCUT2D eigenvalue weighted by molar-refractivity contribution is 0.532. The van der Waals surface area contributed by atoms with Crippen LogP contribution in [0.5, 0.6) is 0 Å². The van der Waals surface area contributed by atoms with Crippen LogP contribution in [0.3, 0.4) is 0 Å². The van der Waals surface area contributed by atoms with E-state index in [-0.39, 0.29) is 11.9 Å². The molecule has 0 saturated carbocycles. The van der Waals surface area contributed by atoms with E-state index in [0.29, 0.717) is 32.9 Å². The summed E-state index contributed by atoms with van der Waals surface area (Å²) < 4.78 is 15.9. The van der Waals surface area contributed by atoms with E-state index in [1.165, 1.54) is 18.3 Å². The van der Waals surface area contributed by atoms with Gasteiger partial charge in [0, 0.05) is 57.1 Å². The van der Waals surface area contributed by atoms with Crippen molar-refractivity contribution in [2.24, 2.45) is 0 Å². The van der Waals surface area contributed by atoms with Crippen molar-refractivity contribution >= 4 is 28.2 Å². The Morgan fingerprint density at radius 1 is 1.04 bits per heavy atom. The van der Waals surface area contributed by atoms with E-state index in [1.807, 2.05) is 16.9 Å². The maximum atomic E-state index is 14.0. The Morgan fingerprint density at radius 2 is 1.85 bits per heavy atom. The highest BCUT2D eigenvalue weighted by Crippen LogP contribution is 2.32. The third-order valence-corrected chi connectivity index (χ3v) is 4.78. The summed E-state index contributed by atoms with van der Waals surface area (Å²) in [6.07, 6.45) is 6.92. The number of benzene rings is 1. The van der Waals surface area contributed by atoms with Gasteiger partial charge in [-0.2, -0.15) is 5.10 Å². The largest absolute Gasteiger partial charge is 0.383 e. The topological polar surface area (TPSA) is 69.6 Å². The second-order valence-electron chi connectivity index (χ2n) is 6.60. The van der Waals surface area contributed by atoms with Crippen LogP contribution >= 0.6 is 11.6 Å². The molecule has 136 valence electrons. The molecular formula is C20H17ClFN5. The number of hydrogen-bond acceptors (Lipinski definition) is 4. The summed E-state index contributed by atoms with van der Waals surface area (Å²) in [5, 5.41) is 5.77. The molecule has 0 radical (unpaired) electrons. The van der Waals surface area contributed by atoms with E-state index >= 15 is 0 Å². The number of rotatable bonds is 3. The van der Waals surface area contributed by atoms with E-state index in [1.54, 1.807) is 18.5 Å². The van der Waals surface area contributed by atoms with Crippen molar-refractivity contribution in [3.8, 4) is 22.4 Å². The molecule has 27 heavy (non-hydrogen) atoms. The molecule has 0 aliphatic heterocycles. The maximum Gasteiger partial charge on any atom is 0.132 e. The SMILES string of the molecule is CC(C)n1cc(-c2cnc(N)c(-c3cc4c(Cl)ccc(F)c4cn3)c2)cn1. The Kier molecular flexibility index (Phi) is 4.28. The van der Waals surface area contributed by atoms with Crippen LogP contribution in [0.2, 0.25) is 5.02 Å². The van der Waals surface area contributed by atoms with E-state index < -0.39 is 0 Å². The molecule has 0 bridgehead atoms. The standard InChI is InChI=1S/C20H17ClFN5/c1-11(2)27-10-13(8-26-27)12-5-15(20(23)25-7-12)19-6-14-16(9-24-19)18(22)4-3-17(14)21/h3-11H,1-2H3,(H2,23,25). The van der Waals surface area contributed by atoms with Gasteiger partial charge in [0.05, 0.1) is 11.9 Å². The summed E-state index contributed by atoms with van der Waals surface area (Å²) in [6.45, 7) is 4.12. The van der Waals surface area contributed by atoms with Gasteiger partial charge in [-0.05, 0) is 38.1 Å². The number of nitrogens with two attached hydrogens (primary N) is 1. The highest BCUT2D eigenvalue weighted by molar-refractivity contribution is 6.35. The Morgan fingerprint density at radius 3 is 2.59 bits per heavy atom. The monoisotopic (exact) mass is 381 g/mol. The summed E-state index contributed by atoms with van der Waals surface area (Å²) in [7, 11) is 0. The molecular weight excluding hydrogens is 365 g/mol. The van der Waals surface area contributed by atoms with E-state index in [9.17, 15) is 4.39 Å². The molecule has 3 aromatic heterocycles. The minimum atomic E-state index is -0.366. The van der Waals surface area contributed by atoms with E-state index in [0.717, 1.165) is 11.1 Å². The molecule has 4 aromatic rings. The summed E-state index contributed by atoms with van der Waals surface area (Å²) in [6, 6.07) is 6.76. The van der Waals surface area contributed by atoms with Crippen LogP contribution in [0, 0.1) is 5.82 Å². The number of fused-ring (bicyclic) bond motifs is 1. The number of aromatic nitrogens is 4. The molecule has 0 amide bonds. The van der Waals surface area contributed by atoms with Crippen molar-refractivity contribution < 1.29 is 4.39 Å². The summed E-state index contributed by atoms with van der Waals surface area (Å²) >= 11 is 6.24. The molecule has 2 N–H and O–H groups in total. The quantitative estimate of drug-likeness (QED) is 0.535. The third-order valence-electron chi connectivity index (χ3n) is 4.45. The van der Waals surface area contributed by atoms with E-state index in [2.05, 4.69) is 28.9 Å². The van der Waals surface area contributed by atoms with Gasteiger partial charge in [0.25, 0.3) is 0 Å². The zero-order chi connectivity index (χ0) is 19.1. The van der Waals surface area contributed by atoms with Crippen LogP contribution in [-0.2, 0) is 0 Å². The van der Waals surface area contributed by atoms with Crippen molar-refractivity contribution in [2.75, 3.05) is 5.73 Å². The van der Waals surface area contributed by atoms with Gasteiger partial charge in [-0.15, -0.1) is 0 Å². The zero-order valence-corrected chi connectivity index (χ0v) is 15.6. The van der Waals surface area contributed by atoms with Crippen LogP contribution in [0.25, 0.3) is 33.2 Å². The Labute approximate surface area is 160 Å². The lowest BCUT2D eigenvalue weighted by atomic mass is 10.0. The highest BCUT2D eigenvalue weighted by atomic mass is 35.5. The first-order chi connectivity index (χ1) is 12.9. The normalized spacial score (nSPS) is 11.4. The zero-order valence-electron chi connectivity index (χ0n) is 14.8. The molecule has 0 atom stereocenters. The van der Waals surface area contributed by atoms with Crippen molar-refractivity contribution in [1.82, 2.24) is 19.7 Å². The molecule has 0 unspecified atom stereocenters. The molecule has 3 heterocycles. The van der Waals surface area contributed by atoms with Gasteiger partial charge in [-0.3, -0.25) is 9.67 Å². The van der Waals surface area contributed by atoms with Crippen molar-refractivity contribution in [3.05, 3.63) is 59.9 Å². The number of pyridine rings is 2. The van der Waals surface area contributed by atoms with Gasteiger partial charge in [0.15, 0.2) is 0 Å². The molecule has 1 aromatic carbocycles. The van der Waals surface area contributed by atoms with Crippen molar-refractivity contribution in [3.63, 3.8) is 0 Å². The lowest BCUT2D eigenvalue weighted by Crippen LogP contribution is -1.99. The Bertz CT molecular complexity index is 1150. The molecule has 0 fully saturated rings. The van der Waals surface area contributed by atoms with Crippen LogP contribution in [0.4, 0.5) is 10.2 Å². The third kappa shape index (κ3) is 3.13. The van der Waals surface area contributed by atoms with Gasteiger partial charge in [-0.1, -0.05) is 11.6 Å². The fraction of sp³-hybridized carbons (Fsp3) is 0.150. The van der Waals surface area contributed by atoms with Gasteiger partial charge >= 0.3 is 0 Å². The molecule has 5 nitrogen and oxygen atoms in total. The smallest absolute Gasteiger partial charge is 0.132 e. The molecule has 0 saturated heterocycles. The second kappa shape index (κ2) is 6.63. The summed E-state index contributed by atoms with van der Waals surface area (Å²) in [4.78, 5) is 8.67. The van der Waals surface area contributed by atoms with Crippen LogP contribution in [0.1, 0.15) is 19.9 Å². The first-order valence-electron chi connectivity index (χ1n) is 8.48. The van der Waals surface area contributed by atoms with Gasteiger partial charge in [-0.25, -0.2) is 9.37 Å². The Balaban J connectivity index is 1.84. The van der Waals surface area contributed by atoms with Crippen LogP contribution < -0.4 is 5.73 Å². The van der Waals surface area contributed by atoms with E-state index in [4.69, 9.17) is 17.3 Å². The lowest BCUT2D eigenvalue weighted by Gasteiger charge is -2.09. The number of nitrogen functional groups attached to an aromatic ring is 1. The number of nitrogens with zero attached hydrogens (tertiary/aromatic N) is 4. The minimum Gasteiger partial charge on any atom is -0.383 e. The average Bonchev–Trinajstić information content (AvgIpc) is 3.15. The molecule has 0 aliphatic carbocycles. The number of halogens is 2. The van der Waals surface area contributed by atoms with Gasteiger partial charge < -0.3 is 5.73 Å². The predicted octanol–water partition coefficient (Wildman–Crippen LogP) is 5.12. The fourth-order valence-corrected chi connectivity index (χ4v) is 3.14. The summed E-state index contributed by atoms with van der Waals surface area (Å²) in [5.41, 5.74) is 9.13. The minimum absolute atomic E-state index is 0.263. The van der Waals surface area contributed by atoms with Crippen molar-refractivity contribution in [2.45, 2.75) is 19.9 Å². The molecule has 4 rings (SSSR count). The highest BCUT2D eigenvalue weighted by Gasteiger charge is 2.13. The summed E-state index contributed by atoms with van der Waals surface area (Å²) in [5.74, 6) is -0.0243. The van der Waals surface area contributed by atoms with Crippen molar-refractivity contribution in [1.29, 1.82) is 0 Å². The first kappa shape index (κ1) is 17.4. The first-order valence-corrected chi connectivity index (χ1v) is 8.86. The van der Waals surface area contributed by atoms with Gasteiger partial charge in [0.2, 0.25) is 0 Å².